The fourth-order valence-corrected chi connectivity index (χ4v) is 1.57. The Morgan fingerprint density at radius 1 is 1.54 bits per heavy atom. The molecule has 0 aliphatic heterocycles. The van der Waals surface area contributed by atoms with Crippen LogP contribution in [0.15, 0.2) is 21.3 Å². The molecule has 2 rings (SSSR count). The number of benzene rings is 1. The van der Waals surface area contributed by atoms with Crippen molar-refractivity contribution in [2.45, 2.75) is 5.33 Å². The van der Waals surface area contributed by atoms with Gasteiger partial charge in [0.1, 0.15) is 5.52 Å². The van der Waals surface area contributed by atoms with Crippen LogP contribution in [0.4, 0.5) is 4.39 Å². The number of alkyl halides is 1. The van der Waals surface area contributed by atoms with Crippen molar-refractivity contribution in [1.82, 2.24) is 4.98 Å². The first-order chi connectivity index (χ1) is 6.22. The monoisotopic (exact) mass is 245 g/mol. The normalized spacial score (nSPS) is 10.9. The lowest BCUT2D eigenvalue weighted by Crippen LogP contribution is -1.94. The second-order valence-electron chi connectivity index (χ2n) is 2.56. The van der Waals surface area contributed by atoms with Gasteiger partial charge in [0.2, 0.25) is 0 Å². The van der Waals surface area contributed by atoms with Crippen molar-refractivity contribution in [1.29, 1.82) is 0 Å². The number of rotatable bonds is 1. The first-order valence-corrected chi connectivity index (χ1v) is 4.70. The quantitative estimate of drug-likeness (QED) is 0.783. The number of aromatic nitrogens is 1. The maximum absolute atomic E-state index is 13.4. The molecular formula is C8H5BrFNO2. The highest BCUT2D eigenvalue weighted by atomic mass is 79.9. The van der Waals surface area contributed by atoms with Crippen molar-refractivity contribution in [2.24, 2.45) is 0 Å². The van der Waals surface area contributed by atoms with Gasteiger partial charge in [-0.3, -0.25) is 4.98 Å². The largest absolute Gasteiger partial charge is 0.417 e. The Bertz CT molecular complexity index is 502. The number of H-pyrrole nitrogens is 1. The molecule has 0 saturated heterocycles. The topological polar surface area (TPSA) is 46.0 Å². The Morgan fingerprint density at radius 3 is 3.00 bits per heavy atom. The van der Waals surface area contributed by atoms with Crippen molar-refractivity contribution in [3.8, 4) is 0 Å². The number of nitrogens with one attached hydrogen (secondary N) is 1. The van der Waals surface area contributed by atoms with Gasteiger partial charge in [-0.15, -0.1) is 0 Å². The number of halogens is 2. The van der Waals surface area contributed by atoms with Crippen LogP contribution < -0.4 is 5.76 Å². The lowest BCUT2D eigenvalue weighted by atomic mass is 10.2. The molecule has 0 saturated carbocycles. The molecule has 13 heavy (non-hydrogen) atoms. The van der Waals surface area contributed by atoms with E-state index in [2.05, 4.69) is 25.3 Å². The van der Waals surface area contributed by atoms with Crippen LogP contribution in [0, 0.1) is 5.82 Å². The van der Waals surface area contributed by atoms with E-state index in [9.17, 15) is 9.18 Å². The molecule has 1 aromatic heterocycles. The van der Waals surface area contributed by atoms with Gasteiger partial charge < -0.3 is 4.42 Å². The number of fused-ring (bicyclic) bond motifs is 1. The average molecular weight is 246 g/mol. The Kier molecular flexibility index (Phi) is 1.95. The molecule has 68 valence electrons. The lowest BCUT2D eigenvalue weighted by Gasteiger charge is -1.96. The molecule has 0 spiro atoms. The summed E-state index contributed by atoms with van der Waals surface area (Å²) in [6.45, 7) is 0. The minimum Gasteiger partial charge on any atom is -0.408 e. The number of hydrogen-bond donors (Lipinski definition) is 1. The number of hydrogen-bond acceptors (Lipinski definition) is 2. The summed E-state index contributed by atoms with van der Waals surface area (Å²) in [4.78, 5) is 13.0. The molecule has 1 aromatic carbocycles. The summed E-state index contributed by atoms with van der Waals surface area (Å²) in [5.74, 6) is -1.08. The van der Waals surface area contributed by atoms with E-state index >= 15 is 0 Å². The molecule has 1 heterocycles. The van der Waals surface area contributed by atoms with E-state index in [1.807, 2.05) is 0 Å². The first-order valence-electron chi connectivity index (χ1n) is 3.58. The second kappa shape index (κ2) is 2.99. The highest BCUT2D eigenvalue weighted by Crippen LogP contribution is 2.19. The smallest absolute Gasteiger partial charge is 0.408 e. The molecule has 5 heteroatoms. The first kappa shape index (κ1) is 8.50. The zero-order valence-electron chi connectivity index (χ0n) is 6.43. The van der Waals surface area contributed by atoms with Crippen molar-refractivity contribution < 1.29 is 8.81 Å². The van der Waals surface area contributed by atoms with Gasteiger partial charge in [0, 0.05) is 10.9 Å². The van der Waals surface area contributed by atoms with Crippen LogP contribution in [0.1, 0.15) is 5.56 Å². The highest BCUT2D eigenvalue weighted by molar-refractivity contribution is 9.08. The fourth-order valence-electron chi connectivity index (χ4n) is 1.13. The predicted octanol–water partition coefficient (Wildman–Crippen LogP) is 2.16. The molecule has 0 bridgehead atoms. The van der Waals surface area contributed by atoms with Gasteiger partial charge in [-0.1, -0.05) is 22.0 Å². The van der Waals surface area contributed by atoms with E-state index in [1.54, 1.807) is 12.1 Å². The maximum Gasteiger partial charge on any atom is 0.417 e. The second-order valence-corrected chi connectivity index (χ2v) is 3.12. The Hall–Kier alpha value is -1.10. The number of aromatic amines is 1. The van der Waals surface area contributed by atoms with Crippen molar-refractivity contribution in [3.63, 3.8) is 0 Å². The SMILES string of the molecule is O=c1[nH]c2c(F)c(CBr)ccc2o1. The molecule has 0 amide bonds. The summed E-state index contributed by atoms with van der Waals surface area (Å²) >= 11 is 3.14. The third kappa shape index (κ3) is 1.29. The summed E-state index contributed by atoms with van der Waals surface area (Å²) in [7, 11) is 0. The van der Waals surface area contributed by atoms with Crippen LogP contribution in [-0.2, 0) is 5.33 Å². The van der Waals surface area contributed by atoms with E-state index < -0.39 is 11.6 Å². The average Bonchev–Trinajstić information content (AvgIpc) is 2.47. The van der Waals surface area contributed by atoms with Gasteiger partial charge in [-0.25, -0.2) is 9.18 Å². The van der Waals surface area contributed by atoms with Gasteiger partial charge >= 0.3 is 5.76 Å². The van der Waals surface area contributed by atoms with Crippen LogP contribution >= 0.6 is 15.9 Å². The van der Waals surface area contributed by atoms with Crippen LogP contribution in [0.3, 0.4) is 0 Å². The third-order valence-corrected chi connectivity index (χ3v) is 2.36. The molecule has 0 aliphatic carbocycles. The molecule has 0 atom stereocenters. The molecule has 3 nitrogen and oxygen atoms in total. The van der Waals surface area contributed by atoms with Gasteiger partial charge in [0.25, 0.3) is 0 Å². The van der Waals surface area contributed by atoms with Crippen molar-refractivity contribution >= 4 is 27.0 Å². The van der Waals surface area contributed by atoms with Crippen LogP contribution in [0.2, 0.25) is 0 Å². The lowest BCUT2D eigenvalue weighted by molar-refractivity contribution is 0.555. The summed E-state index contributed by atoms with van der Waals surface area (Å²) in [5.41, 5.74) is 0.860. The van der Waals surface area contributed by atoms with E-state index in [0.29, 0.717) is 10.9 Å². The minimum atomic E-state index is -0.638. The van der Waals surface area contributed by atoms with Crippen LogP contribution in [-0.4, -0.2) is 4.98 Å². The minimum absolute atomic E-state index is 0.127. The van der Waals surface area contributed by atoms with Gasteiger partial charge in [0.05, 0.1) is 0 Å². The predicted molar refractivity (Wildman–Crippen MR) is 49.4 cm³/mol. The van der Waals surface area contributed by atoms with Gasteiger partial charge in [-0.05, 0) is 6.07 Å². The zero-order chi connectivity index (χ0) is 9.42. The summed E-state index contributed by atoms with van der Waals surface area (Å²) in [6, 6.07) is 3.14. The maximum atomic E-state index is 13.4. The van der Waals surface area contributed by atoms with Crippen molar-refractivity contribution in [2.75, 3.05) is 0 Å². The molecule has 2 aromatic rings. The molecule has 0 aliphatic rings. The summed E-state index contributed by atoms with van der Waals surface area (Å²) < 4.78 is 18.1. The van der Waals surface area contributed by atoms with Gasteiger partial charge in [-0.2, -0.15) is 0 Å². The number of oxazole rings is 1. The summed E-state index contributed by atoms with van der Waals surface area (Å²) in [5, 5.41) is 0.405. The van der Waals surface area contributed by atoms with Crippen molar-refractivity contribution in [3.05, 3.63) is 34.1 Å². The zero-order valence-corrected chi connectivity index (χ0v) is 8.02. The third-order valence-electron chi connectivity index (χ3n) is 1.76. The Labute approximate surface area is 80.7 Å². The molecule has 0 unspecified atom stereocenters. The van der Waals surface area contributed by atoms with E-state index in [-0.39, 0.29) is 11.1 Å². The van der Waals surface area contributed by atoms with Crippen LogP contribution in [0.5, 0.6) is 0 Å². The van der Waals surface area contributed by atoms with Gasteiger partial charge in [0.15, 0.2) is 11.4 Å². The van der Waals surface area contributed by atoms with Crippen LogP contribution in [0.25, 0.3) is 11.1 Å². The molecular weight excluding hydrogens is 241 g/mol. The molecule has 1 N–H and O–H groups in total. The van der Waals surface area contributed by atoms with E-state index in [1.165, 1.54) is 0 Å². The molecule has 0 fully saturated rings. The molecule has 0 radical (unpaired) electrons. The standard InChI is InChI=1S/C8H5BrFNO2/c9-3-4-1-2-5-7(6(4)10)11-8(12)13-5/h1-2H,3H2,(H,11,12). The summed E-state index contributed by atoms with van der Waals surface area (Å²) in [6.07, 6.45) is 0. The van der Waals surface area contributed by atoms with E-state index in [0.717, 1.165) is 0 Å². The fraction of sp³-hybridized carbons (Fsp3) is 0.125. The highest BCUT2D eigenvalue weighted by Gasteiger charge is 2.09. The Morgan fingerprint density at radius 2 is 2.31 bits per heavy atom. The van der Waals surface area contributed by atoms with E-state index in [4.69, 9.17) is 0 Å². The Balaban J connectivity index is 2.85.